The Labute approximate surface area is 165 Å². The molecule has 7 nitrogen and oxygen atoms in total. The van der Waals surface area contributed by atoms with Gasteiger partial charge in [0.2, 0.25) is 0 Å². The number of nitrogens with zero attached hydrogens (tertiary/aromatic N) is 5. The van der Waals surface area contributed by atoms with E-state index in [1.807, 2.05) is 0 Å². The molecule has 1 amide bonds. The molecular weight excluding hydrogens is 387 g/mol. The van der Waals surface area contributed by atoms with Crippen molar-refractivity contribution in [1.82, 2.24) is 15.0 Å². The Bertz CT molecular complexity index is 934. The molecule has 0 unspecified atom stereocenters. The summed E-state index contributed by atoms with van der Waals surface area (Å²) in [5.41, 5.74) is 2.22. The van der Waals surface area contributed by atoms with Crippen molar-refractivity contribution in [2.24, 2.45) is 10.2 Å². The van der Waals surface area contributed by atoms with Crippen LogP contribution < -0.4 is 0 Å². The van der Waals surface area contributed by atoms with Crippen molar-refractivity contribution in [3.63, 3.8) is 0 Å². The number of hydrogen-bond acceptors (Lipinski definition) is 6. The van der Waals surface area contributed by atoms with Gasteiger partial charge in [-0.3, -0.25) is 14.8 Å². The first-order chi connectivity index (χ1) is 13.9. The zero-order valence-corrected chi connectivity index (χ0v) is 15.6. The van der Waals surface area contributed by atoms with E-state index in [1.54, 1.807) is 30.3 Å². The Balaban J connectivity index is 1.68. The number of fused-ring (bicyclic) bond motifs is 1. The minimum atomic E-state index is -2.93. The normalized spacial score (nSPS) is 13.9. The number of aromatic nitrogens is 1. The first kappa shape index (κ1) is 20.5. The highest BCUT2D eigenvalue weighted by Crippen LogP contribution is 2.24. The monoisotopic (exact) mass is 405 g/mol. The van der Waals surface area contributed by atoms with Crippen molar-refractivity contribution < 1.29 is 22.7 Å². The van der Waals surface area contributed by atoms with Crippen molar-refractivity contribution in [2.75, 3.05) is 7.05 Å². The minimum absolute atomic E-state index is 0.238. The molecule has 0 fully saturated rings. The fourth-order valence-corrected chi connectivity index (χ4v) is 2.86. The molecule has 0 bridgehead atoms. The van der Waals surface area contributed by atoms with Crippen molar-refractivity contribution in [3.8, 4) is 0 Å². The smallest absolute Gasteiger partial charge is 0.314 e. The molecule has 10 heteroatoms. The standard InChI is InChI=1S/C19H18F3N5O2/c1-23-25-18(17(21)22)29-11-13-7-15-16(24-8-13)10-27(19(15)28)26(2)9-12-3-5-14(20)6-4-12/h3-8,17H,1,9-11H2,2H3/b25-18-. The van der Waals surface area contributed by atoms with Crippen LogP contribution in [0.1, 0.15) is 27.2 Å². The van der Waals surface area contributed by atoms with Crippen molar-refractivity contribution in [1.29, 1.82) is 0 Å². The van der Waals surface area contributed by atoms with Crippen LogP contribution in [0, 0.1) is 5.82 Å². The third-order valence-electron chi connectivity index (χ3n) is 4.27. The van der Waals surface area contributed by atoms with E-state index in [-0.39, 0.29) is 24.9 Å². The van der Waals surface area contributed by atoms with Gasteiger partial charge < -0.3 is 4.74 Å². The lowest BCUT2D eigenvalue weighted by atomic mass is 10.1. The van der Waals surface area contributed by atoms with Crippen molar-refractivity contribution in [2.45, 2.75) is 26.1 Å². The second-order valence-electron chi connectivity index (χ2n) is 6.31. The largest absolute Gasteiger partial charge is 0.471 e. The molecule has 2 aromatic rings. The molecule has 1 aliphatic heterocycles. The molecule has 0 saturated carbocycles. The van der Waals surface area contributed by atoms with Crippen LogP contribution in [0.2, 0.25) is 0 Å². The van der Waals surface area contributed by atoms with E-state index < -0.39 is 12.3 Å². The second-order valence-corrected chi connectivity index (χ2v) is 6.31. The summed E-state index contributed by atoms with van der Waals surface area (Å²) in [7, 11) is 1.74. The van der Waals surface area contributed by atoms with Gasteiger partial charge in [0.25, 0.3) is 11.8 Å². The quantitative estimate of drug-likeness (QED) is 0.403. The third kappa shape index (κ3) is 4.77. The van der Waals surface area contributed by atoms with E-state index in [2.05, 4.69) is 21.9 Å². The molecule has 2 heterocycles. The van der Waals surface area contributed by atoms with Gasteiger partial charge in [-0.25, -0.2) is 9.40 Å². The average molecular weight is 405 g/mol. The van der Waals surface area contributed by atoms with Crippen molar-refractivity contribution >= 4 is 18.5 Å². The van der Waals surface area contributed by atoms with Crippen LogP contribution in [0.25, 0.3) is 0 Å². The predicted octanol–water partition coefficient (Wildman–Crippen LogP) is 3.02. The molecule has 3 rings (SSSR count). The maximum atomic E-state index is 13.1. The Morgan fingerprint density at radius 1 is 1.34 bits per heavy atom. The van der Waals surface area contributed by atoms with Gasteiger partial charge in [0.1, 0.15) is 12.4 Å². The maximum absolute atomic E-state index is 13.1. The molecule has 0 atom stereocenters. The molecule has 1 aromatic heterocycles. The highest BCUT2D eigenvalue weighted by atomic mass is 19.3. The van der Waals surface area contributed by atoms with Gasteiger partial charge >= 0.3 is 6.43 Å². The Hall–Kier alpha value is -3.27. The lowest BCUT2D eigenvalue weighted by Crippen LogP contribution is -2.39. The number of hydrogen-bond donors (Lipinski definition) is 0. The molecule has 0 aliphatic carbocycles. The van der Waals surface area contributed by atoms with E-state index in [9.17, 15) is 18.0 Å². The summed E-state index contributed by atoms with van der Waals surface area (Å²) in [5, 5.41) is 9.40. The van der Waals surface area contributed by atoms with Crippen LogP contribution in [0.5, 0.6) is 0 Å². The lowest BCUT2D eigenvalue weighted by molar-refractivity contribution is 0.00234. The first-order valence-electron chi connectivity index (χ1n) is 8.58. The van der Waals surface area contributed by atoms with E-state index in [0.717, 1.165) is 5.56 Å². The number of rotatable bonds is 7. The van der Waals surface area contributed by atoms with Crippen LogP contribution >= 0.6 is 0 Å². The van der Waals surface area contributed by atoms with Crippen LogP contribution in [-0.2, 0) is 24.4 Å². The number of carbonyl (C=O) groups excluding carboxylic acids is 1. The molecule has 1 aliphatic rings. The number of amides is 1. The number of carbonyl (C=O) groups is 1. The molecule has 152 valence electrons. The van der Waals surface area contributed by atoms with Gasteiger partial charge in [-0.1, -0.05) is 12.1 Å². The number of halogens is 3. The Kier molecular flexibility index (Phi) is 6.23. The molecule has 0 N–H and O–H groups in total. The second kappa shape index (κ2) is 8.82. The molecule has 0 radical (unpaired) electrons. The Morgan fingerprint density at radius 3 is 2.72 bits per heavy atom. The Morgan fingerprint density at radius 2 is 2.07 bits per heavy atom. The van der Waals surface area contributed by atoms with Gasteiger partial charge in [0, 0.05) is 32.1 Å². The summed E-state index contributed by atoms with van der Waals surface area (Å²) in [6, 6.07) is 7.56. The number of alkyl halides is 2. The van der Waals surface area contributed by atoms with E-state index in [1.165, 1.54) is 23.3 Å². The summed E-state index contributed by atoms with van der Waals surface area (Å²) in [5.74, 6) is -1.45. The first-order valence-corrected chi connectivity index (χ1v) is 8.58. The average Bonchev–Trinajstić information content (AvgIpc) is 3.03. The summed E-state index contributed by atoms with van der Waals surface area (Å²) in [6.45, 7) is 3.46. The van der Waals surface area contributed by atoms with E-state index in [4.69, 9.17) is 4.74 Å². The van der Waals surface area contributed by atoms with Gasteiger partial charge in [0.15, 0.2) is 0 Å². The number of hydrazine groups is 1. The summed E-state index contributed by atoms with van der Waals surface area (Å²) < 4.78 is 43.5. The zero-order chi connectivity index (χ0) is 21.0. The van der Waals surface area contributed by atoms with Gasteiger partial charge in [-0.2, -0.15) is 13.9 Å². The lowest BCUT2D eigenvalue weighted by Gasteiger charge is -2.27. The number of ether oxygens (including phenoxy) is 1. The van der Waals surface area contributed by atoms with Gasteiger partial charge in [-0.15, -0.1) is 5.10 Å². The highest BCUT2D eigenvalue weighted by Gasteiger charge is 2.31. The fraction of sp³-hybridized carbons (Fsp3) is 0.263. The van der Waals surface area contributed by atoms with Crippen molar-refractivity contribution in [3.05, 3.63) is 64.7 Å². The van der Waals surface area contributed by atoms with Crippen LogP contribution in [0.3, 0.4) is 0 Å². The van der Waals surface area contributed by atoms with Gasteiger partial charge in [0.05, 0.1) is 17.8 Å². The maximum Gasteiger partial charge on any atom is 0.314 e. The summed E-state index contributed by atoms with van der Waals surface area (Å²) in [4.78, 5) is 17.0. The van der Waals surface area contributed by atoms with Crippen LogP contribution in [0.4, 0.5) is 13.2 Å². The van der Waals surface area contributed by atoms with Gasteiger partial charge in [-0.05, 0) is 23.8 Å². The minimum Gasteiger partial charge on any atom is -0.471 e. The SMILES string of the molecule is C=N/N=C(\OCc1cnc2c(c1)C(=O)N(N(C)Cc1ccc(F)cc1)C2)C(F)F. The fourth-order valence-electron chi connectivity index (χ4n) is 2.86. The topological polar surface area (TPSA) is 70.4 Å². The van der Waals surface area contributed by atoms with E-state index >= 15 is 0 Å². The predicted molar refractivity (Wildman–Crippen MR) is 99.8 cm³/mol. The van der Waals surface area contributed by atoms with Crippen LogP contribution in [0.15, 0.2) is 46.7 Å². The molecule has 0 saturated heterocycles. The van der Waals surface area contributed by atoms with E-state index in [0.29, 0.717) is 23.4 Å². The highest BCUT2D eigenvalue weighted by molar-refractivity contribution is 5.97. The number of benzene rings is 1. The number of pyridine rings is 1. The summed E-state index contributed by atoms with van der Waals surface area (Å²) >= 11 is 0. The zero-order valence-electron chi connectivity index (χ0n) is 15.6. The molecule has 1 aromatic carbocycles. The van der Waals surface area contributed by atoms with Crippen LogP contribution in [-0.4, -0.2) is 47.0 Å². The summed E-state index contributed by atoms with van der Waals surface area (Å²) in [6.07, 6.45) is -1.47. The molecule has 0 spiro atoms. The third-order valence-corrected chi connectivity index (χ3v) is 4.27. The molecule has 29 heavy (non-hydrogen) atoms. The molecular formula is C19H18F3N5O2.